The second-order valence-electron chi connectivity index (χ2n) is 6.88. The molecule has 3 heterocycles. The van der Waals surface area contributed by atoms with Crippen molar-refractivity contribution < 1.29 is 14.3 Å². The second kappa shape index (κ2) is 6.84. The van der Waals surface area contributed by atoms with Gasteiger partial charge in [-0.2, -0.15) is 0 Å². The van der Waals surface area contributed by atoms with Crippen LogP contribution in [0.4, 0.5) is 0 Å². The largest absolute Gasteiger partial charge is 0.380 e. The highest BCUT2D eigenvalue weighted by atomic mass is 32.1. The zero-order chi connectivity index (χ0) is 16.4. The predicted molar refractivity (Wildman–Crippen MR) is 88.4 cm³/mol. The number of carbonyl (C=O) groups is 1. The Labute approximate surface area is 141 Å². The highest BCUT2D eigenvalue weighted by molar-refractivity contribution is 7.09. The molecule has 23 heavy (non-hydrogen) atoms. The molecule has 1 aromatic heterocycles. The van der Waals surface area contributed by atoms with Crippen LogP contribution in [0, 0.1) is 18.3 Å². The quantitative estimate of drug-likeness (QED) is 0.774. The normalized spacial score (nSPS) is 27.3. The van der Waals surface area contributed by atoms with E-state index in [-0.39, 0.29) is 17.9 Å². The van der Waals surface area contributed by atoms with Gasteiger partial charge in [0.15, 0.2) is 0 Å². The topological polar surface area (TPSA) is 54.9 Å². The first kappa shape index (κ1) is 16.8. The number of likely N-dealkylation sites (N-methyl/N-ethyl adjacent to an activating group) is 1. The van der Waals surface area contributed by atoms with Crippen molar-refractivity contribution >= 4 is 17.2 Å². The zero-order valence-electron chi connectivity index (χ0n) is 14.1. The fourth-order valence-corrected chi connectivity index (χ4v) is 4.05. The van der Waals surface area contributed by atoms with Crippen LogP contribution in [0.2, 0.25) is 0 Å². The maximum Gasteiger partial charge on any atom is 0.248 e. The number of likely N-dealkylation sites (tertiary alicyclic amines) is 1. The molecule has 0 N–H and O–H groups in total. The highest BCUT2D eigenvalue weighted by Gasteiger charge is 2.50. The summed E-state index contributed by atoms with van der Waals surface area (Å²) in [6.45, 7) is 7.14. The molecule has 2 saturated heterocycles. The minimum absolute atomic E-state index is 0.00432. The number of thiazole rings is 1. The number of ether oxygens (including phenoxy) is 2. The summed E-state index contributed by atoms with van der Waals surface area (Å²) in [4.78, 5) is 20.2. The van der Waals surface area contributed by atoms with E-state index < -0.39 is 0 Å². The van der Waals surface area contributed by atoms with Gasteiger partial charge in [-0.25, -0.2) is 4.98 Å². The van der Waals surface area contributed by atoms with Crippen molar-refractivity contribution in [1.29, 1.82) is 0 Å². The van der Waals surface area contributed by atoms with Crippen LogP contribution in [0.3, 0.4) is 0 Å². The van der Waals surface area contributed by atoms with Crippen LogP contribution in [0.15, 0.2) is 5.38 Å². The lowest BCUT2D eigenvalue weighted by atomic mass is 9.82. The molecule has 0 aliphatic carbocycles. The summed E-state index contributed by atoms with van der Waals surface area (Å²) in [7, 11) is 3.50. The molecule has 0 aromatic carbocycles. The van der Waals surface area contributed by atoms with Gasteiger partial charge in [-0.05, 0) is 6.92 Å². The van der Waals surface area contributed by atoms with Crippen molar-refractivity contribution in [3.8, 4) is 0 Å². The van der Waals surface area contributed by atoms with E-state index in [9.17, 15) is 4.79 Å². The Balaban J connectivity index is 1.56. The average molecular weight is 339 g/mol. The minimum Gasteiger partial charge on any atom is -0.380 e. The van der Waals surface area contributed by atoms with Gasteiger partial charge in [-0.1, -0.05) is 0 Å². The van der Waals surface area contributed by atoms with Gasteiger partial charge < -0.3 is 14.4 Å². The van der Waals surface area contributed by atoms with Gasteiger partial charge in [0.25, 0.3) is 0 Å². The van der Waals surface area contributed by atoms with Crippen LogP contribution in [-0.4, -0.2) is 74.3 Å². The van der Waals surface area contributed by atoms with E-state index in [4.69, 9.17) is 9.47 Å². The first-order chi connectivity index (χ1) is 11.0. The van der Waals surface area contributed by atoms with Crippen LogP contribution in [-0.2, 0) is 20.8 Å². The molecule has 0 unspecified atom stereocenters. The van der Waals surface area contributed by atoms with E-state index in [1.54, 1.807) is 30.3 Å². The van der Waals surface area contributed by atoms with E-state index in [1.165, 1.54) is 0 Å². The van der Waals surface area contributed by atoms with Gasteiger partial charge in [0.1, 0.15) is 6.61 Å². The Bertz CT molecular complexity index is 563. The average Bonchev–Trinajstić information content (AvgIpc) is 3.13. The Morgan fingerprint density at radius 2 is 2.43 bits per heavy atom. The molecular formula is C16H25N3O3S. The van der Waals surface area contributed by atoms with Crippen molar-refractivity contribution in [3.05, 3.63) is 16.1 Å². The molecule has 0 saturated carbocycles. The van der Waals surface area contributed by atoms with E-state index in [0.29, 0.717) is 12.5 Å². The molecule has 2 aliphatic heterocycles. The fraction of sp³-hybridized carbons (Fsp3) is 0.750. The lowest BCUT2D eigenvalue weighted by Crippen LogP contribution is -2.37. The molecule has 2 atom stereocenters. The number of amides is 1. The molecule has 1 aromatic rings. The van der Waals surface area contributed by atoms with Crippen molar-refractivity contribution in [1.82, 2.24) is 14.8 Å². The summed E-state index contributed by atoms with van der Waals surface area (Å²) in [5.41, 5.74) is 1.17. The van der Waals surface area contributed by atoms with E-state index in [2.05, 4.69) is 15.3 Å². The van der Waals surface area contributed by atoms with Crippen LogP contribution in [0.25, 0.3) is 0 Å². The lowest BCUT2D eigenvalue weighted by Gasteiger charge is -2.27. The standard InChI is InChI=1S/C16H25N3O3S/c1-12-17-14(8-23-12)5-19-4-13-6-21-10-16(13,9-19)11-22-7-15(20)18(2)3/h8,13H,4-7,9-11H2,1-3H3/t13-,16+/m1/s1. The Kier molecular flexibility index (Phi) is 5.01. The number of aromatic nitrogens is 1. The summed E-state index contributed by atoms with van der Waals surface area (Å²) in [6, 6.07) is 0. The third-order valence-electron chi connectivity index (χ3n) is 4.76. The molecule has 128 valence electrons. The molecule has 0 bridgehead atoms. The summed E-state index contributed by atoms with van der Waals surface area (Å²) in [5, 5.41) is 3.25. The molecule has 0 spiro atoms. The molecule has 1 amide bonds. The predicted octanol–water partition coefficient (Wildman–Crippen LogP) is 1.00. The molecule has 0 radical (unpaired) electrons. The lowest BCUT2D eigenvalue weighted by molar-refractivity contribution is -0.135. The molecule has 3 rings (SSSR count). The van der Waals surface area contributed by atoms with Crippen LogP contribution in [0.5, 0.6) is 0 Å². The van der Waals surface area contributed by atoms with Gasteiger partial charge in [-0.3, -0.25) is 9.69 Å². The van der Waals surface area contributed by atoms with Crippen LogP contribution in [0.1, 0.15) is 10.7 Å². The number of hydrogen-bond acceptors (Lipinski definition) is 6. The maximum atomic E-state index is 11.7. The third kappa shape index (κ3) is 3.74. The molecule has 6 nitrogen and oxygen atoms in total. The Hall–Kier alpha value is -1.02. The van der Waals surface area contributed by atoms with Gasteiger partial charge in [-0.15, -0.1) is 11.3 Å². The minimum atomic E-state index is 0.00432. The monoisotopic (exact) mass is 339 g/mol. The third-order valence-corrected chi connectivity index (χ3v) is 5.58. The summed E-state index contributed by atoms with van der Waals surface area (Å²) in [6.07, 6.45) is 0. The summed E-state index contributed by atoms with van der Waals surface area (Å²) in [5.74, 6) is 0.487. The number of hydrogen-bond donors (Lipinski definition) is 0. The van der Waals surface area contributed by atoms with E-state index in [1.807, 2.05) is 6.92 Å². The first-order valence-corrected chi connectivity index (χ1v) is 8.85. The van der Waals surface area contributed by atoms with E-state index >= 15 is 0 Å². The van der Waals surface area contributed by atoms with Crippen molar-refractivity contribution in [2.24, 2.45) is 11.3 Å². The van der Waals surface area contributed by atoms with Crippen molar-refractivity contribution in [3.63, 3.8) is 0 Å². The van der Waals surface area contributed by atoms with Gasteiger partial charge in [0.05, 0.1) is 30.5 Å². The number of carbonyl (C=O) groups excluding carboxylic acids is 1. The number of rotatable bonds is 6. The Morgan fingerprint density at radius 3 is 3.13 bits per heavy atom. The smallest absolute Gasteiger partial charge is 0.248 e. The van der Waals surface area contributed by atoms with Crippen LogP contribution < -0.4 is 0 Å². The molecular weight excluding hydrogens is 314 g/mol. The van der Waals surface area contributed by atoms with Gasteiger partial charge in [0.2, 0.25) is 5.91 Å². The van der Waals surface area contributed by atoms with Crippen LogP contribution >= 0.6 is 11.3 Å². The number of aryl methyl sites for hydroxylation is 1. The molecule has 7 heteroatoms. The van der Waals surface area contributed by atoms with Gasteiger partial charge >= 0.3 is 0 Å². The SMILES string of the molecule is Cc1nc(CN2C[C@@H]3COC[C@]3(COCC(=O)N(C)C)C2)cs1. The summed E-state index contributed by atoms with van der Waals surface area (Å²) < 4.78 is 11.4. The van der Waals surface area contributed by atoms with Gasteiger partial charge in [0, 0.05) is 50.4 Å². The van der Waals surface area contributed by atoms with Crippen molar-refractivity contribution in [2.75, 3.05) is 53.6 Å². The van der Waals surface area contributed by atoms with Crippen molar-refractivity contribution in [2.45, 2.75) is 13.5 Å². The first-order valence-electron chi connectivity index (χ1n) is 7.97. The van der Waals surface area contributed by atoms with E-state index in [0.717, 1.165) is 43.5 Å². The summed E-state index contributed by atoms with van der Waals surface area (Å²) >= 11 is 1.70. The Morgan fingerprint density at radius 1 is 1.61 bits per heavy atom. The number of fused-ring (bicyclic) bond motifs is 1. The zero-order valence-corrected chi connectivity index (χ0v) is 14.9. The molecule has 2 fully saturated rings. The second-order valence-corrected chi connectivity index (χ2v) is 7.95. The number of nitrogens with zero attached hydrogens (tertiary/aromatic N) is 3. The fourth-order valence-electron chi connectivity index (χ4n) is 3.45. The maximum absolute atomic E-state index is 11.7. The highest BCUT2D eigenvalue weighted by Crippen LogP contribution is 2.42. The molecule has 2 aliphatic rings.